The van der Waals surface area contributed by atoms with Gasteiger partial charge in [0.1, 0.15) is 0 Å². The van der Waals surface area contributed by atoms with Gasteiger partial charge in [0.05, 0.1) is 0 Å². The van der Waals surface area contributed by atoms with Gasteiger partial charge in [-0.05, 0) is 44.1 Å². The Kier molecular flexibility index (Phi) is 6.53. The molecular formula is C12H26ClN3O2S. The van der Waals surface area contributed by atoms with Crippen LogP contribution in [0.1, 0.15) is 32.6 Å². The van der Waals surface area contributed by atoms with E-state index in [4.69, 9.17) is 5.73 Å². The van der Waals surface area contributed by atoms with Crippen molar-refractivity contribution in [2.24, 2.45) is 17.6 Å². The summed E-state index contributed by atoms with van der Waals surface area (Å²) < 4.78 is 28.2. The Balaban J connectivity index is 0.00000180. The molecule has 0 aromatic heterocycles. The molecule has 0 radical (unpaired) electrons. The normalized spacial score (nSPS) is 25.2. The monoisotopic (exact) mass is 311 g/mol. The van der Waals surface area contributed by atoms with Crippen LogP contribution in [0.15, 0.2) is 0 Å². The fourth-order valence-corrected chi connectivity index (χ4v) is 4.43. The Morgan fingerprint density at radius 1 is 1.00 bits per heavy atom. The average Bonchev–Trinajstić information content (AvgIpc) is 2.39. The van der Waals surface area contributed by atoms with E-state index in [9.17, 15) is 8.42 Å². The van der Waals surface area contributed by atoms with Crippen LogP contribution < -0.4 is 5.73 Å². The van der Waals surface area contributed by atoms with Crippen LogP contribution in [0.25, 0.3) is 0 Å². The molecule has 0 aliphatic carbocycles. The zero-order chi connectivity index (χ0) is 13.2. The molecule has 0 atom stereocenters. The molecule has 0 saturated carbocycles. The molecule has 2 N–H and O–H groups in total. The van der Waals surface area contributed by atoms with E-state index in [-0.39, 0.29) is 12.4 Å². The summed E-state index contributed by atoms with van der Waals surface area (Å²) in [5.74, 6) is 1.15. The van der Waals surface area contributed by atoms with Crippen molar-refractivity contribution in [3.8, 4) is 0 Å². The second-order valence-corrected chi connectivity index (χ2v) is 7.60. The summed E-state index contributed by atoms with van der Waals surface area (Å²) in [5, 5.41) is 0. The molecule has 0 aromatic carbocycles. The number of hydrogen-bond acceptors (Lipinski definition) is 3. The van der Waals surface area contributed by atoms with Gasteiger partial charge in [-0.15, -0.1) is 12.4 Å². The number of rotatable bonds is 3. The van der Waals surface area contributed by atoms with Crippen molar-refractivity contribution in [2.75, 3.05) is 32.7 Å². The van der Waals surface area contributed by atoms with Crippen molar-refractivity contribution in [2.45, 2.75) is 32.6 Å². The molecule has 19 heavy (non-hydrogen) atoms. The first kappa shape index (κ1) is 17.2. The third-order valence-electron chi connectivity index (χ3n) is 4.30. The zero-order valence-electron chi connectivity index (χ0n) is 11.6. The second kappa shape index (κ2) is 7.22. The number of hydrogen-bond donors (Lipinski definition) is 1. The fourth-order valence-electron chi connectivity index (χ4n) is 2.75. The van der Waals surface area contributed by atoms with E-state index in [1.807, 2.05) is 0 Å². The summed E-state index contributed by atoms with van der Waals surface area (Å²) in [7, 11) is -3.21. The van der Waals surface area contributed by atoms with Gasteiger partial charge in [0, 0.05) is 26.2 Å². The zero-order valence-corrected chi connectivity index (χ0v) is 13.3. The van der Waals surface area contributed by atoms with Crippen molar-refractivity contribution >= 4 is 22.6 Å². The highest BCUT2D eigenvalue weighted by Crippen LogP contribution is 2.24. The maximum atomic E-state index is 12.5. The molecule has 5 nitrogen and oxygen atoms in total. The first-order valence-corrected chi connectivity index (χ1v) is 8.39. The van der Waals surface area contributed by atoms with Crippen molar-refractivity contribution in [3.05, 3.63) is 0 Å². The minimum atomic E-state index is -3.21. The number of nitrogens with two attached hydrogens (primary N) is 1. The van der Waals surface area contributed by atoms with E-state index in [0.29, 0.717) is 44.6 Å². The van der Waals surface area contributed by atoms with Gasteiger partial charge >= 0.3 is 0 Å². The standard InChI is InChI=1S/C12H25N3O2S.ClH/c1-11-2-6-14(7-3-11)18(16,17)15-8-4-12(10-13)5-9-15;/h11-12H,2-10,13H2,1H3;1H. The lowest BCUT2D eigenvalue weighted by atomic mass is 9.99. The Hall–Kier alpha value is 0.120. The van der Waals surface area contributed by atoms with Crippen molar-refractivity contribution in [1.29, 1.82) is 0 Å². The molecule has 0 aromatic rings. The van der Waals surface area contributed by atoms with Crippen LogP contribution in [-0.2, 0) is 10.2 Å². The highest BCUT2D eigenvalue weighted by Gasteiger charge is 2.34. The topological polar surface area (TPSA) is 66.6 Å². The molecule has 2 aliphatic rings. The van der Waals surface area contributed by atoms with Crippen LogP contribution in [0, 0.1) is 11.8 Å². The first-order chi connectivity index (χ1) is 8.54. The van der Waals surface area contributed by atoms with Crippen molar-refractivity contribution in [1.82, 2.24) is 8.61 Å². The van der Waals surface area contributed by atoms with E-state index < -0.39 is 10.2 Å². The van der Waals surface area contributed by atoms with Gasteiger partial charge in [-0.1, -0.05) is 6.92 Å². The summed E-state index contributed by atoms with van der Waals surface area (Å²) in [6, 6.07) is 0. The SMILES string of the molecule is CC1CCN(S(=O)(=O)N2CCC(CN)CC2)CC1.Cl. The summed E-state index contributed by atoms with van der Waals surface area (Å²) in [5.41, 5.74) is 5.64. The van der Waals surface area contributed by atoms with Crippen LogP contribution in [-0.4, -0.2) is 49.8 Å². The molecule has 2 fully saturated rings. The molecule has 2 heterocycles. The van der Waals surface area contributed by atoms with Gasteiger partial charge in [-0.3, -0.25) is 0 Å². The molecular weight excluding hydrogens is 286 g/mol. The summed E-state index contributed by atoms with van der Waals surface area (Å²) in [6.45, 7) is 5.50. The first-order valence-electron chi connectivity index (χ1n) is 6.99. The highest BCUT2D eigenvalue weighted by atomic mass is 35.5. The van der Waals surface area contributed by atoms with Gasteiger partial charge in [0.15, 0.2) is 0 Å². The molecule has 2 saturated heterocycles. The van der Waals surface area contributed by atoms with E-state index >= 15 is 0 Å². The molecule has 2 aliphatic heterocycles. The molecule has 0 bridgehead atoms. The molecule has 2 rings (SSSR count). The van der Waals surface area contributed by atoms with Crippen LogP contribution in [0.5, 0.6) is 0 Å². The van der Waals surface area contributed by atoms with Gasteiger partial charge in [0.2, 0.25) is 0 Å². The summed E-state index contributed by atoms with van der Waals surface area (Å²) in [4.78, 5) is 0. The minimum Gasteiger partial charge on any atom is -0.330 e. The second-order valence-electron chi connectivity index (χ2n) is 5.67. The van der Waals surface area contributed by atoms with E-state index in [2.05, 4.69) is 6.92 Å². The third kappa shape index (κ3) is 4.04. The molecule has 0 spiro atoms. The minimum absolute atomic E-state index is 0. The average molecular weight is 312 g/mol. The Bertz CT molecular complexity index is 361. The quantitative estimate of drug-likeness (QED) is 0.847. The predicted octanol–water partition coefficient (Wildman–Crippen LogP) is 1.06. The van der Waals surface area contributed by atoms with Crippen molar-refractivity contribution < 1.29 is 8.42 Å². The lowest BCUT2D eigenvalue weighted by Gasteiger charge is -2.37. The number of halogens is 1. The number of piperidine rings is 2. The van der Waals surface area contributed by atoms with Crippen LogP contribution in [0.2, 0.25) is 0 Å². The molecule has 7 heteroatoms. The summed E-state index contributed by atoms with van der Waals surface area (Å²) in [6.07, 6.45) is 3.77. The van der Waals surface area contributed by atoms with Crippen LogP contribution in [0.3, 0.4) is 0 Å². The van der Waals surface area contributed by atoms with Gasteiger partial charge in [-0.2, -0.15) is 17.0 Å². The van der Waals surface area contributed by atoms with Gasteiger partial charge in [0.25, 0.3) is 10.2 Å². The predicted molar refractivity (Wildman–Crippen MR) is 79.5 cm³/mol. The summed E-state index contributed by atoms with van der Waals surface area (Å²) >= 11 is 0. The van der Waals surface area contributed by atoms with E-state index in [1.54, 1.807) is 8.61 Å². The molecule has 0 unspecified atom stereocenters. The number of nitrogens with zero attached hydrogens (tertiary/aromatic N) is 2. The van der Waals surface area contributed by atoms with E-state index in [1.165, 1.54) is 0 Å². The maximum absolute atomic E-state index is 12.5. The lowest BCUT2D eigenvalue weighted by Crippen LogP contribution is -2.49. The molecule has 0 amide bonds. The van der Waals surface area contributed by atoms with Crippen LogP contribution in [0.4, 0.5) is 0 Å². The lowest BCUT2D eigenvalue weighted by molar-refractivity contribution is 0.233. The highest BCUT2D eigenvalue weighted by molar-refractivity contribution is 7.86. The largest absolute Gasteiger partial charge is 0.330 e. The van der Waals surface area contributed by atoms with Gasteiger partial charge < -0.3 is 5.73 Å². The Morgan fingerprint density at radius 2 is 1.42 bits per heavy atom. The molecule has 114 valence electrons. The maximum Gasteiger partial charge on any atom is 0.281 e. The van der Waals surface area contributed by atoms with E-state index in [0.717, 1.165) is 25.7 Å². The van der Waals surface area contributed by atoms with Gasteiger partial charge in [-0.25, -0.2) is 0 Å². The smallest absolute Gasteiger partial charge is 0.281 e. The third-order valence-corrected chi connectivity index (χ3v) is 6.34. The van der Waals surface area contributed by atoms with Crippen molar-refractivity contribution in [3.63, 3.8) is 0 Å². The van der Waals surface area contributed by atoms with Crippen LogP contribution >= 0.6 is 12.4 Å². The fraction of sp³-hybridized carbons (Fsp3) is 1.00. The Morgan fingerprint density at radius 3 is 1.84 bits per heavy atom. The Labute approximate surface area is 123 Å².